The second kappa shape index (κ2) is 9.27. The fraction of sp³-hybridized carbons (Fsp3) is 0.160. The lowest BCUT2D eigenvalue weighted by Gasteiger charge is -2.56. The van der Waals surface area contributed by atoms with E-state index in [1.165, 1.54) is 100 Å². The summed E-state index contributed by atoms with van der Waals surface area (Å²) in [4.78, 5) is 0. The van der Waals surface area contributed by atoms with Crippen LogP contribution < -0.4 is 0 Å². The molecule has 0 amide bonds. The Balaban J connectivity index is 1.14. The van der Waals surface area contributed by atoms with Crippen molar-refractivity contribution in [2.24, 2.45) is 0 Å². The molecule has 0 aromatic heterocycles. The van der Waals surface area contributed by atoms with Crippen LogP contribution in [0.2, 0.25) is 0 Å². The van der Waals surface area contributed by atoms with Gasteiger partial charge in [0.2, 0.25) is 0 Å². The van der Waals surface area contributed by atoms with E-state index in [-0.39, 0.29) is 23.7 Å². The van der Waals surface area contributed by atoms with Gasteiger partial charge in [-0.25, -0.2) is 0 Å². The minimum atomic E-state index is -0.795. The Labute approximate surface area is 303 Å². The van der Waals surface area contributed by atoms with Crippen molar-refractivity contribution in [2.45, 2.75) is 34.9 Å². The van der Waals surface area contributed by atoms with E-state index in [0.717, 1.165) is 0 Å². The van der Waals surface area contributed by atoms with Crippen LogP contribution in [0.3, 0.4) is 0 Å². The van der Waals surface area contributed by atoms with E-state index in [1.54, 1.807) is 0 Å². The van der Waals surface area contributed by atoms with Crippen LogP contribution in [0.25, 0.3) is 0 Å². The van der Waals surface area contributed by atoms with Crippen molar-refractivity contribution in [3.63, 3.8) is 0 Å². The molecule has 16 rings (SSSR count). The Morgan fingerprint density at radius 1 is 0.288 bits per heavy atom. The molecule has 0 fully saturated rings. The first-order chi connectivity index (χ1) is 25.7. The molecule has 0 spiro atoms. The van der Waals surface area contributed by atoms with Crippen molar-refractivity contribution in [3.05, 3.63) is 246 Å². The van der Waals surface area contributed by atoms with Gasteiger partial charge in [-0.15, -0.1) is 0 Å². The highest BCUT2D eigenvalue weighted by atomic mass is 16.5. The van der Waals surface area contributed by atoms with E-state index in [2.05, 4.69) is 146 Å². The van der Waals surface area contributed by atoms with Gasteiger partial charge >= 0.3 is 0 Å². The smallest absolute Gasteiger partial charge is 0.144 e. The molecule has 0 heterocycles. The molecule has 6 bridgehead atoms. The van der Waals surface area contributed by atoms with Gasteiger partial charge in [0, 0.05) is 37.9 Å². The summed E-state index contributed by atoms with van der Waals surface area (Å²) in [6, 6.07) is 55.5. The Morgan fingerprint density at radius 3 is 0.712 bits per heavy atom. The summed E-state index contributed by atoms with van der Waals surface area (Å²) < 4.78 is 14.2. The predicted octanol–water partition coefficient (Wildman–Crippen LogP) is 10.2. The van der Waals surface area contributed by atoms with Crippen molar-refractivity contribution >= 4 is 0 Å². The largest absolute Gasteiger partial charge is 0.364 e. The Bertz CT molecular complexity index is 2330. The molecule has 246 valence electrons. The van der Waals surface area contributed by atoms with Crippen molar-refractivity contribution in [1.82, 2.24) is 0 Å². The van der Waals surface area contributed by atoms with Crippen LogP contribution in [-0.2, 0) is 20.7 Å². The maximum Gasteiger partial charge on any atom is 0.144 e. The van der Waals surface area contributed by atoms with Crippen molar-refractivity contribution < 1.29 is 9.47 Å². The molecular formula is C50H34O2. The zero-order chi connectivity index (χ0) is 34.1. The van der Waals surface area contributed by atoms with Crippen LogP contribution in [0.5, 0.6) is 0 Å². The third kappa shape index (κ3) is 2.86. The normalized spacial score (nSPS) is 26.2. The number of rotatable bonds is 2. The molecule has 2 heteroatoms. The molecular weight excluding hydrogens is 633 g/mol. The number of hydrogen-bond donors (Lipinski definition) is 0. The number of ether oxygens (including phenoxy) is 2. The second-order valence-electron chi connectivity index (χ2n) is 15.6. The van der Waals surface area contributed by atoms with Gasteiger partial charge in [-0.1, -0.05) is 146 Å². The first-order valence-corrected chi connectivity index (χ1v) is 18.6. The van der Waals surface area contributed by atoms with Crippen LogP contribution in [0, 0.1) is 0 Å². The average Bonchev–Trinajstić information content (AvgIpc) is 3.21. The van der Waals surface area contributed by atoms with Crippen molar-refractivity contribution in [2.75, 3.05) is 14.2 Å². The molecule has 52 heavy (non-hydrogen) atoms. The molecule has 9 aliphatic carbocycles. The van der Waals surface area contributed by atoms with Crippen LogP contribution in [0.1, 0.15) is 124 Å². The Morgan fingerprint density at radius 2 is 0.500 bits per heavy atom. The predicted molar refractivity (Wildman–Crippen MR) is 203 cm³/mol. The molecule has 0 atom stereocenters. The monoisotopic (exact) mass is 666 g/mol. The summed E-state index contributed by atoms with van der Waals surface area (Å²) in [6.07, 6.45) is 0. The van der Waals surface area contributed by atoms with Crippen LogP contribution in [0.15, 0.2) is 146 Å². The molecule has 0 saturated carbocycles. The third-order valence-electron chi connectivity index (χ3n) is 14.0. The topological polar surface area (TPSA) is 18.5 Å². The molecule has 2 nitrogen and oxygen atoms in total. The summed E-state index contributed by atoms with van der Waals surface area (Å²) in [5.74, 6) is 0.695. The fourth-order valence-corrected chi connectivity index (χ4v) is 12.2. The third-order valence-corrected chi connectivity index (χ3v) is 14.0. The lowest BCUT2D eigenvalue weighted by atomic mass is 9.52. The van der Waals surface area contributed by atoms with Crippen molar-refractivity contribution in [3.8, 4) is 0 Å². The van der Waals surface area contributed by atoms with Gasteiger partial charge in [-0.05, 0) is 100 Å². The van der Waals surface area contributed by atoms with E-state index in [0.29, 0.717) is 0 Å². The first-order valence-electron chi connectivity index (χ1n) is 18.6. The van der Waals surface area contributed by atoms with Crippen LogP contribution >= 0.6 is 0 Å². The molecule has 0 N–H and O–H groups in total. The SMILES string of the molecule is COC12c3ccccc3C(OC)(c3cc4c(cc31)C1c3ccccc3C4c3ccccc31)c1cc3c(cc12)C1c2ccccc2C3c2ccccc21. The maximum atomic E-state index is 7.10. The van der Waals surface area contributed by atoms with E-state index in [1.807, 2.05) is 14.2 Å². The van der Waals surface area contributed by atoms with Gasteiger partial charge < -0.3 is 9.47 Å². The zero-order valence-electron chi connectivity index (χ0n) is 29.0. The first kappa shape index (κ1) is 28.1. The van der Waals surface area contributed by atoms with Gasteiger partial charge in [0.1, 0.15) is 11.2 Å². The van der Waals surface area contributed by atoms with Crippen LogP contribution in [0.4, 0.5) is 0 Å². The zero-order valence-corrected chi connectivity index (χ0v) is 29.0. The summed E-state index contributed by atoms with van der Waals surface area (Å²) >= 11 is 0. The summed E-state index contributed by atoms with van der Waals surface area (Å²) in [7, 11) is 3.84. The number of methoxy groups -OCH3 is 2. The van der Waals surface area contributed by atoms with Gasteiger partial charge in [0.25, 0.3) is 0 Å². The molecule has 0 unspecified atom stereocenters. The van der Waals surface area contributed by atoms with E-state index >= 15 is 0 Å². The highest BCUT2D eigenvalue weighted by Gasteiger charge is 2.62. The standard InChI is InChI=1S/C50H34O2/c1-51-49-39-21-11-12-22-40(39)50(52-2,43-25-37-35(23-41(43)49)45-27-13-3-7-17-31(27)47(37)32-18-8-4-14-28(32)45)44-26-38-36(24-42(44)49)46-29-15-5-9-19-33(29)48(38)34-20-10-6-16-30(34)46/h3-26,45-48H,1-2H3. The Hall–Kier alpha value is -5.54. The minimum absolute atomic E-state index is 0.174. The summed E-state index contributed by atoms with van der Waals surface area (Å²) in [5.41, 5.74) is 22.6. The lowest BCUT2D eigenvalue weighted by molar-refractivity contribution is -0.00499. The number of benzene rings is 7. The quantitative estimate of drug-likeness (QED) is 0.183. The van der Waals surface area contributed by atoms with Gasteiger partial charge in [-0.2, -0.15) is 0 Å². The molecule has 9 aliphatic rings. The average molecular weight is 667 g/mol. The van der Waals surface area contributed by atoms with Crippen molar-refractivity contribution in [1.29, 1.82) is 0 Å². The molecule has 7 aromatic carbocycles. The van der Waals surface area contributed by atoms with E-state index < -0.39 is 11.2 Å². The second-order valence-corrected chi connectivity index (χ2v) is 15.6. The van der Waals surface area contributed by atoms with Crippen LogP contribution in [-0.4, -0.2) is 14.2 Å². The molecule has 7 aromatic rings. The van der Waals surface area contributed by atoms with Gasteiger partial charge in [0.15, 0.2) is 0 Å². The van der Waals surface area contributed by atoms with Gasteiger partial charge in [0.05, 0.1) is 0 Å². The minimum Gasteiger partial charge on any atom is -0.364 e. The van der Waals surface area contributed by atoms with E-state index in [4.69, 9.17) is 9.47 Å². The Kier molecular flexibility index (Phi) is 5.01. The summed E-state index contributed by atoms with van der Waals surface area (Å²) in [5, 5.41) is 0. The molecule has 0 saturated heterocycles. The molecule has 0 radical (unpaired) electrons. The maximum absolute atomic E-state index is 7.10. The summed E-state index contributed by atoms with van der Waals surface area (Å²) in [6.45, 7) is 0. The highest BCUT2D eigenvalue weighted by Crippen LogP contribution is 2.67. The lowest BCUT2D eigenvalue weighted by Crippen LogP contribution is -2.53. The highest BCUT2D eigenvalue weighted by molar-refractivity contribution is 5.79. The van der Waals surface area contributed by atoms with Gasteiger partial charge in [-0.3, -0.25) is 0 Å². The molecule has 0 aliphatic heterocycles. The van der Waals surface area contributed by atoms with E-state index in [9.17, 15) is 0 Å². The fourth-order valence-electron chi connectivity index (χ4n) is 12.2. The number of hydrogen-bond acceptors (Lipinski definition) is 2.